The van der Waals surface area contributed by atoms with Crippen molar-refractivity contribution in [3.05, 3.63) is 66.0 Å². The molecule has 3 aromatic carbocycles. The van der Waals surface area contributed by atoms with Gasteiger partial charge in [0.15, 0.2) is 5.82 Å². The molecule has 0 aliphatic carbocycles. The van der Waals surface area contributed by atoms with Crippen molar-refractivity contribution in [3.8, 4) is 11.5 Å². The normalized spacial score (nSPS) is 17.1. The van der Waals surface area contributed by atoms with Crippen LogP contribution in [-0.2, 0) is 26.3 Å². The molecule has 2 aliphatic heterocycles. The standard InChI is InChI=1S/C27H28FN3O7S/c1-27(2,3)38-26(33)30-13-20(14-30)37-19-10-9-18-11-22(36-16-17-7-5-4-6-8-17)25(24(28)21(18)12-19)31-15-23(32)29-39(31,34)35/h4-12,20H,13-16H2,1-3H3,(H,29,32). The lowest BCUT2D eigenvalue weighted by Crippen LogP contribution is -2.57. The van der Waals surface area contributed by atoms with Crippen molar-refractivity contribution in [3.63, 3.8) is 0 Å². The highest BCUT2D eigenvalue weighted by Gasteiger charge is 2.39. The number of benzene rings is 3. The highest BCUT2D eigenvalue weighted by atomic mass is 32.2. The molecule has 39 heavy (non-hydrogen) atoms. The number of fused-ring (bicyclic) bond motifs is 1. The molecule has 2 saturated heterocycles. The Morgan fingerprint density at radius 3 is 2.46 bits per heavy atom. The van der Waals surface area contributed by atoms with Crippen molar-refractivity contribution in [2.45, 2.75) is 39.1 Å². The van der Waals surface area contributed by atoms with Gasteiger partial charge in [-0.1, -0.05) is 36.4 Å². The van der Waals surface area contributed by atoms with Crippen molar-refractivity contribution in [2.24, 2.45) is 0 Å². The summed E-state index contributed by atoms with van der Waals surface area (Å²) in [6.07, 6.45) is -0.749. The molecule has 0 unspecified atom stereocenters. The molecule has 2 fully saturated rings. The summed E-state index contributed by atoms with van der Waals surface area (Å²) in [6, 6.07) is 15.4. The van der Waals surface area contributed by atoms with E-state index in [2.05, 4.69) is 0 Å². The highest BCUT2D eigenvalue weighted by molar-refractivity contribution is 7.92. The quantitative estimate of drug-likeness (QED) is 0.491. The Balaban J connectivity index is 1.42. The Kier molecular flexibility index (Phi) is 6.75. The van der Waals surface area contributed by atoms with Crippen LogP contribution in [0.5, 0.6) is 11.5 Å². The van der Waals surface area contributed by atoms with E-state index >= 15 is 4.39 Å². The summed E-state index contributed by atoms with van der Waals surface area (Å²) >= 11 is 0. The number of hydrogen-bond donors (Lipinski definition) is 1. The molecule has 3 aromatic rings. The van der Waals surface area contributed by atoms with E-state index in [1.54, 1.807) is 32.9 Å². The van der Waals surface area contributed by atoms with Crippen LogP contribution in [0.15, 0.2) is 54.6 Å². The fourth-order valence-corrected chi connectivity index (χ4v) is 5.43. The number of anilines is 1. The minimum absolute atomic E-state index is 0.0235. The molecule has 0 radical (unpaired) electrons. The summed E-state index contributed by atoms with van der Waals surface area (Å²) in [5, 5.41) is 0.541. The molecule has 12 heteroatoms. The molecular weight excluding hydrogens is 529 g/mol. The highest BCUT2D eigenvalue weighted by Crippen LogP contribution is 2.40. The fourth-order valence-electron chi connectivity index (χ4n) is 4.27. The Bertz CT molecular complexity index is 1530. The van der Waals surface area contributed by atoms with E-state index in [9.17, 15) is 18.0 Å². The predicted molar refractivity (Wildman–Crippen MR) is 141 cm³/mol. The molecule has 206 valence electrons. The number of ether oxygens (including phenoxy) is 3. The van der Waals surface area contributed by atoms with Gasteiger partial charge in [0.25, 0.3) is 5.91 Å². The minimum Gasteiger partial charge on any atom is -0.487 e. The lowest BCUT2D eigenvalue weighted by molar-refractivity contribution is -0.117. The first kappa shape index (κ1) is 26.5. The SMILES string of the molecule is CC(C)(C)OC(=O)N1CC(Oc2ccc3cc(OCc4ccccc4)c(N4CC(=O)NS4(=O)=O)c(F)c3c2)C1. The van der Waals surface area contributed by atoms with Crippen LogP contribution >= 0.6 is 0 Å². The molecule has 2 aliphatic rings. The van der Waals surface area contributed by atoms with Gasteiger partial charge < -0.3 is 19.1 Å². The van der Waals surface area contributed by atoms with E-state index in [-0.39, 0.29) is 29.5 Å². The summed E-state index contributed by atoms with van der Waals surface area (Å²) in [7, 11) is -4.30. The average molecular weight is 558 g/mol. The lowest BCUT2D eigenvalue weighted by atomic mass is 10.1. The monoisotopic (exact) mass is 557 g/mol. The molecular formula is C27H28FN3O7S. The zero-order chi connectivity index (χ0) is 27.9. The number of hydrogen-bond acceptors (Lipinski definition) is 7. The van der Waals surface area contributed by atoms with E-state index in [0.29, 0.717) is 28.5 Å². The van der Waals surface area contributed by atoms with Gasteiger partial charge in [-0.2, -0.15) is 8.42 Å². The molecule has 0 atom stereocenters. The van der Waals surface area contributed by atoms with E-state index in [4.69, 9.17) is 14.2 Å². The third-order valence-electron chi connectivity index (χ3n) is 6.10. The van der Waals surface area contributed by atoms with E-state index < -0.39 is 40.2 Å². The van der Waals surface area contributed by atoms with Crippen LogP contribution in [0.1, 0.15) is 26.3 Å². The maximum atomic E-state index is 16.1. The van der Waals surface area contributed by atoms with Gasteiger partial charge in [-0.15, -0.1) is 0 Å². The molecule has 2 amide bonds. The number of amides is 2. The molecule has 10 nitrogen and oxygen atoms in total. The number of carbonyl (C=O) groups is 2. The van der Waals surface area contributed by atoms with Crippen LogP contribution in [0, 0.1) is 5.82 Å². The largest absolute Gasteiger partial charge is 0.487 e. The van der Waals surface area contributed by atoms with E-state index in [1.165, 1.54) is 17.0 Å². The first-order chi connectivity index (χ1) is 18.4. The minimum atomic E-state index is -4.30. The zero-order valence-corrected chi connectivity index (χ0v) is 22.5. The second kappa shape index (κ2) is 9.92. The van der Waals surface area contributed by atoms with Gasteiger partial charge in [0, 0.05) is 5.39 Å². The van der Waals surface area contributed by atoms with Crippen LogP contribution in [-0.4, -0.2) is 56.7 Å². The number of rotatable bonds is 6. The maximum absolute atomic E-state index is 16.1. The summed E-state index contributed by atoms with van der Waals surface area (Å²) in [5.41, 5.74) is -0.177. The predicted octanol–water partition coefficient (Wildman–Crippen LogP) is 3.74. The maximum Gasteiger partial charge on any atom is 0.410 e. The first-order valence-electron chi connectivity index (χ1n) is 12.3. The van der Waals surface area contributed by atoms with Gasteiger partial charge in [0.1, 0.15) is 42.0 Å². The van der Waals surface area contributed by atoms with Gasteiger partial charge in [0.2, 0.25) is 0 Å². The van der Waals surface area contributed by atoms with Crippen molar-refractivity contribution >= 4 is 38.7 Å². The third-order valence-corrected chi connectivity index (χ3v) is 7.48. The lowest BCUT2D eigenvalue weighted by Gasteiger charge is -2.39. The summed E-state index contributed by atoms with van der Waals surface area (Å²) < 4.78 is 61.0. The molecule has 5 rings (SSSR count). The van der Waals surface area contributed by atoms with Gasteiger partial charge in [-0.05, 0) is 49.9 Å². The molecule has 2 heterocycles. The molecule has 0 saturated carbocycles. The molecule has 1 N–H and O–H groups in total. The molecule has 0 aromatic heterocycles. The summed E-state index contributed by atoms with van der Waals surface area (Å²) in [4.78, 5) is 25.6. The third kappa shape index (κ3) is 5.70. The van der Waals surface area contributed by atoms with Gasteiger partial charge in [-0.3, -0.25) is 4.79 Å². The van der Waals surface area contributed by atoms with Crippen molar-refractivity contribution < 1.29 is 36.6 Å². The zero-order valence-electron chi connectivity index (χ0n) is 21.6. The fraction of sp³-hybridized carbons (Fsp3) is 0.333. The number of nitrogens with one attached hydrogen (secondary N) is 1. The Hall–Kier alpha value is -4.06. The van der Waals surface area contributed by atoms with Crippen LogP contribution in [0.4, 0.5) is 14.9 Å². The summed E-state index contributed by atoms with van der Waals surface area (Å²) in [6.45, 7) is 5.46. The number of nitrogens with zero attached hydrogens (tertiary/aromatic N) is 2. The number of likely N-dealkylation sites (tertiary alicyclic amines) is 1. The van der Waals surface area contributed by atoms with Crippen LogP contribution in [0.25, 0.3) is 10.8 Å². The Labute approximate surface area is 225 Å². The van der Waals surface area contributed by atoms with Crippen LogP contribution in [0.3, 0.4) is 0 Å². The first-order valence-corrected chi connectivity index (χ1v) is 13.7. The van der Waals surface area contributed by atoms with Gasteiger partial charge >= 0.3 is 16.3 Å². The number of halogens is 1. The molecule has 0 spiro atoms. The van der Waals surface area contributed by atoms with Crippen LogP contribution in [0.2, 0.25) is 0 Å². The average Bonchev–Trinajstić information content (AvgIpc) is 3.10. The van der Waals surface area contributed by atoms with E-state index in [1.807, 2.05) is 35.1 Å². The second-order valence-electron chi connectivity index (χ2n) is 10.4. The molecule has 0 bridgehead atoms. The topological polar surface area (TPSA) is 114 Å². The van der Waals surface area contributed by atoms with Crippen molar-refractivity contribution in [1.29, 1.82) is 0 Å². The van der Waals surface area contributed by atoms with Crippen molar-refractivity contribution in [1.82, 2.24) is 9.62 Å². The van der Waals surface area contributed by atoms with Crippen LogP contribution < -0.4 is 18.5 Å². The van der Waals surface area contributed by atoms with Crippen molar-refractivity contribution in [2.75, 3.05) is 23.9 Å². The van der Waals surface area contributed by atoms with Gasteiger partial charge in [0.05, 0.1) is 13.1 Å². The number of carbonyl (C=O) groups excluding carboxylic acids is 2. The van der Waals surface area contributed by atoms with E-state index in [0.717, 1.165) is 5.56 Å². The smallest absolute Gasteiger partial charge is 0.410 e. The Morgan fingerprint density at radius 1 is 1.10 bits per heavy atom. The second-order valence-corrected chi connectivity index (χ2v) is 12.0. The Morgan fingerprint density at radius 2 is 1.82 bits per heavy atom. The summed E-state index contributed by atoms with van der Waals surface area (Å²) in [5.74, 6) is -1.33. The van der Waals surface area contributed by atoms with Gasteiger partial charge in [-0.25, -0.2) is 18.2 Å².